The monoisotopic (exact) mass is 470 g/mol. The van der Waals surface area contributed by atoms with Crippen LogP contribution in [0.2, 0.25) is 5.02 Å². The molecule has 0 saturated carbocycles. The number of fused-ring (bicyclic) bond motifs is 3. The average Bonchev–Trinajstić information content (AvgIpc) is 3.22. The minimum absolute atomic E-state index is 0.103. The number of rotatable bonds is 7. The number of hydrogen-bond acceptors (Lipinski definition) is 5. The van der Waals surface area contributed by atoms with Crippen molar-refractivity contribution in [1.82, 2.24) is 10.2 Å². The number of nitrogens with zero attached hydrogens (tertiary/aromatic N) is 1. The van der Waals surface area contributed by atoms with Gasteiger partial charge in [-0.3, -0.25) is 9.59 Å². The molecule has 2 amide bonds. The molecule has 2 aromatic carbocycles. The van der Waals surface area contributed by atoms with Crippen molar-refractivity contribution in [3.05, 3.63) is 76.3 Å². The number of aliphatic hydroxyl groups excluding tert-OH is 2. The first-order valence-corrected chi connectivity index (χ1v) is 11.4. The average molecular weight is 471 g/mol. The normalized spacial score (nSPS) is 23.1. The summed E-state index contributed by atoms with van der Waals surface area (Å²) in [5.41, 5.74) is 2.08. The second-order valence-corrected chi connectivity index (χ2v) is 8.62. The maximum atomic E-state index is 13.1. The van der Waals surface area contributed by atoms with E-state index < -0.39 is 24.2 Å². The van der Waals surface area contributed by atoms with Crippen LogP contribution >= 0.6 is 11.6 Å². The summed E-state index contributed by atoms with van der Waals surface area (Å²) in [6, 6.07) is 13.8. The van der Waals surface area contributed by atoms with E-state index in [1.165, 1.54) is 0 Å². The zero-order valence-corrected chi connectivity index (χ0v) is 19.0. The molecule has 4 atom stereocenters. The SMILES string of the molecule is CCC(=O)N(Cc1ccc(Cl)cc1)C1C=C(C(=O)NCCO)C2c3ccccc3OC2C1O. The quantitative estimate of drug-likeness (QED) is 0.577. The van der Waals surface area contributed by atoms with Crippen molar-refractivity contribution in [1.29, 1.82) is 0 Å². The van der Waals surface area contributed by atoms with Crippen molar-refractivity contribution in [3.8, 4) is 5.75 Å². The van der Waals surface area contributed by atoms with E-state index in [1.807, 2.05) is 30.3 Å². The van der Waals surface area contributed by atoms with E-state index in [4.69, 9.17) is 21.4 Å². The van der Waals surface area contributed by atoms with E-state index in [9.17, 15) is 14.7 Å². The fourth-order valence-electron chi connectivity index (χ4n) is 4.54. The van der Waals surface area contributed by atoms with Gasteiger partial charge in [-0.1, -0.05) is 48.9 Å². The molecular weight excluding hydrogens is 444 g/mol. The minimum Gasteiger partial charge on any atom is -0.486 e. The number of aliphatic hydroxyl groups is 2. The zero-order valence-electron chi connectivity index (χ0n) is 18.3. The van der Waals surface area contributed by atoms with E-state index in [0.717, 1.165) is 11.1 Å². The van der Waals surface area contributed by atoms with E-state index >= 15 is 0 Å². The van der Waals surface area contributed by atoms with Gasteiger partial charge in [0.25, 0.3) is 0 Å². The number of carbonyl (C=O) groups excluding carboxylic acids is 2. The molecule has 0 bridgehead atoms. The van der Waals surface area contributed by atoms with Gasteiger partial charge >= 0.3 is 0 Å². The Morgan fingerprint density at radius 2 is 1.88 bits per heavy atom. The highest BCUT2D eigenvalue weighted by Crippen LogP contribution is 2.47. The van der Waals surface area contributed by atoms with Gasteiger partial charge in [0.1, 0.15) is 18.0 Å². The van der Waals surface area contributed by atoms with Gasteiger partial charge in [-0.05, 0) is 29.8 Å². The molecule has 2 aromatic rings. The van der Waals surface area contributed by atoms with Gasteiger partial charge in [-0.25, -0.2) is 0 Å². The van der Waals surface area contributed by atoms with Crippen molar-refractivity contribution in [2.24, 2.45) is 0 Å². The Morgan fingerprint density at radius 3 is 2.58 bits per heavy atom. The molecule has 4 unspecified atom stereocenters. The number of halogens is 1. The Labute approximate surface area is 197 Å². The highest BCUT2D eigenvalue weighted by atomic mass is 35.5. The third-order valence-electron chi connectivity index (χ3n) is 6.13. The standard InChI is InChI=1S/C25H27ClN2O5/c1-2-21(30)28(14-15-7-9-16(26)10-8-15)19-13-18(25(32)27-11-12-29)22-17-5-3-4-6-20(17)33-24(22)23(19)31/h3-10,13,19,22-24,29,31H,2,11-12,14H2,1H3,(H,27,32). The molecule has 1 aliphatic heterocycles. The van der Waals surface area contributed by atoms with E-state index in [0.29, 0.717) is 16.3 Å². The first-order chi connectivity index (χ1) is 15.9. The van der Waals surface area contributed by atoms with Gasteiger partial charge in [-0.15, -0.1) is 0 Å². The second kappa shape index (κ2) is 9.95. The number of benzene rings is 2. The van der Waals surface area contributed by atoms with Gasteiger partial charge in [0.05, 0.1) is 18.6 Å². The van der Waals surface area contributed by atoms with Crippen LogP contribution < -0.4 is 10.1 Å². The lowest BCUT2D eigenvalue weighted by Gasteiger charge is -2.40. The first kappa shape index (κ1) is 23.3. The lowest BCUT2D eigenvalue weighted by Crippen LogP contribution is -2.55. The third kappa shape index (κ3) is 4.62. The largest absolute Gasteiger partial charge is 0.486 e. The van der Waals surface area contributed by atoms with Crippen molar-refractivity contribution in [2.45, 2.75) is 44.1 Å². The first-order valence-electron chi connectivity index (χ1n) is 11.0. The molecule has 1 heterocycles. The molecule has 3 N–H and O–H groups in total. The number of carbonyl (C=O) groups is 2. The number of hydrogen-bond donors (Lipinski definition) is 3. The molecule has 0 aromatic heterocycles. The molecule has 0 fully saturated rings. The van der Waals surface area contributed by atoms with Crippen LogP contribution in [0, 0.1) is 0 Å². The Morgan fingerprint density at radius 1 is 1.15 bits per heavy atom. The molecule has 7 nitrogen and oxygen atoms in total. The van der Waals surface area contributed by atoms with Crippen LogP contribution in [0.4, 0.5) is 0 Å². The molecular formula is C25H27ClN2O5. The van der Waals surface area contributed by atoms with E-state index in [2.05, 4.69) is 5.32 Å². The summed E-state index contributed by atoms with van der Waals surface area (Å²) in [6.45, 7) is 1.92. The van der Waals surface area contributed by atoms with Crippen LogP contribution in [-0.2, 0) is 16.1 Å². The smallest absolute Gasteiger partial charge is 0.247 e. The Bertz CT molecular complexity index is 1060. The van der Waals surface area contributed by atoms with Crippen LogP contribution in [0.5, 0.6) is 5.75 Å². The van der Waals surface area contributed by atoms with Crippen molar-refractivity contribution in [2.75, 3.05) is 13.2 Å². The Hall–Kier alpha value is -2.87. The summed E-state index contributed by atoms with van der Waals surface area (Å²) in [6.07, 6.45) is 0.156. The number of nitrogens with one attached hydrogen (secondary N) is 1. The number of amides is 2. The number of para-hydroxylation sites is 1. The molecule has 2 aliphatic rings. The Balaban J connectivity index is 1.74. The van der Waals surface area contributed by atoms with E-state index in [1.54, 1.807) is 36.1 Å². The highest BCUT2D eigenvalue weighted by molar-refractivity contribution is 6.30. The molecule has 33 heavy (non-hydrogen) atoms. The highest BCUT2D eigenvalue weighted by Gasteiger charge is 2.50. The van der Waals surface area contributed by atoms with Gasteiger partial charge in [-0.2, -0.15) is 0 Å². The zero-order chi connectivity index (χ0) is 23.5. The summed E-state index contributed by atoms with van der Waals surface area (Å²) < 4.78 is 6.09. The summed E-state index contributed by atoms with van der Waals surface area (Å²) in [5, 5.41) is 23.8. The third-order valence-corrected chi connectivity index (χ3v) is 6.38. The van der Waals surface area contributed by atoms with Gasteiger partial charge in [0, 0.05) is 35.7 Å². The maximum Gasteiger partial charge on any atom is 0.247 e. The summed E-state index contributed by atoms with van der Waals surface area (Å²) in [4.78, 5) is 27.6. The summed E-state index contributed by atoms with van der Waals surface area (Å²) >= 11 is 6.00. The molecule has 0 saturated heterocycles. The van der Waals surface area contributed by atoms with Crippen LogP contribution in [0.1, 0.15) is 30.4 Å². The van der Waals surface area contributed by atoms with Crippen molar-refractivity contribution < 1.29 is 24.5 Å². The fourth-order valence-corrected chi connectivity index (χ4v) is 4.67. The number of ether oxygens (including phenoxy) is 1. The van der Waals surface area contributed by atoms with Crippen molar-refractivity contribution in [3.63, 3.8) is 0 Å². The second-order valence-electron chi connectivity index (χ2n) is 8.18. The molecule has 8 heteroatoms. The van der Waals surface area contributed by atoms with Gasteiger partial charge in [0.2, 0.25) is 11.8 Å². The predicted molar refractivity (Wildman–Crippen MR) is 124 cm³/mol. The molecule has 174 valence electrons. The summed E-state index contributed by atoms with van der Waals surface area (Å²) in [7, 11) is 0. The predicted octanol–water partition coefficient (Wildman–Crippen LogP) is 2.40. The van der Waals surface area contributed by atoms with Crippen LogP contribution in [-0.4, -0.2) is 58.3 Å². The topological polar surface area (TPSA) is 99.1 Å². The molecule has 4 rings (SSSR count). The van der Waals surface area contributed by atoms with Gasteiger partial charge < -0.3 is 25.2 Å². The minimum atomic E-state index is -1.04. The fraction of sp³-hybridized carbons (Fsp3) is 0.360. The van der Waals surface area contributed by atoms with E-state index in [-0.39, 0.29) is 37.9 Å². The van der Waals surface area contributed by atoms with Crippen LogP contribution in [0.15, 0.2) is 60.2 Å². The summed E-state index contributed by atoms with van der Waals surface area (Å²) in [5.74, 6) is -0.375. The van der Waals surface area contributed by atoms with Crippen LogP contribution in [0.25, 0.3) is 0 Å². The molecule has 0 radical (unpaired) electrons. The lowest BCUT2D eigenvalue weighted by atomic mass is 9.77. The Kier molecular flexibility index (Phi) is 7.02. The maximum absolute atomic E-state index is 13.1. The van der Waals surface area contributed by atoms with Gasteiger partial charge in [0.15, 0.2) is 0 Å². The lowest BCUT2D eigenvalue weighted by molar-refractivity contribution is -0.137. The van der Waals surface area contributed by atoms with Crippen molar-refractivity contribution >= 4 is 23.4 Å². The molecule has 1 aliphatic carbocycles. The van der Waals surface area contributed by atoms with Crippen LogP contribution in [0.3, 0.4) is 0 Å². The molecule has 0 spiro atoms.